The van der Waals surface area contributed by atoms with Crippen LogP contribution in [0, 0.1) is 17.0 Å². The molecule has 1 aromatic heterocycles. The third-order valence-corrected chi connectivity index (χ3v) is 7.01. The van der Waals surface area contributed by atoms with Gasteiger partial charge < -0.3 is 4.90 Å². The highest BCUT2D eigenvalue weighted by molar-refractivity contribution is 7.89. The summed E-state index contributed by atoms with van der Waals surface area (Å²) in [6.07, 6.45) is 1.76. The molecule has 0 N–H and O–H groups in total. The molecule has 0 amide bonds. The van der Waals surface area contributed by atoms with E-state index in [0.717, 1.165) is 28.2 Å². The van der Waals surface area contributed by atoms with Crippen molar-refractivity contribution in [2.24, 2.45) is 0 Å². The first-order valence-corrected chi connectivity index (χ1v) is 10.7. The number of pyridine rings is 1. The second-order valence-electron chi connectivity index (χ2n) is 7.00. The van der Waals surface area contributed by atoms with Gasteiger partial charge in [-0.1, -0.05) is 17.7 Å². The van der Waals surface area contributed by atoms with E-state index in [0.29, 0.717) is 26.2 Å². The predicted molar refractivity (Wildman–Crippen MR) is 111 cm³/mol. The molecule has 0 radical (unpaired) electrons. The fraction of sp³-hybridized carbons (Fsp3) is 0.250. The lowest BCUT2D eigenvalue weighted by Crippen LogP contribution is -2.48. The third kappa shape index (κ3) is 3.66. The second-order valence-corrected chi connectivity index (χ2v) is 8.93. The number of anilines is 1. The summed E-state index contributed by atoms with van der Waals surface area (Å²) >= 11 is 0. The van der Waals surface area contributed by atoms with Crippen LogP contribution >= 0.6 is 0 Å². The maximum Gasteiger partial charge on any atom is 0.270 e. The summed E-state index contributed by atoms with van der Waals surface area (Å²) in [5.74, 6) is 0. The first-order valence-electron chi connectivity index (χ1n) is 9.21. The highest BCUT2D eigenvalue weighted by Crippen LogP contribution is 2.28. The summed E-state index contributed by atoms with van der Waals surface area (Å²) in [6.45, 7) is 3.70. The van der Waals surface area contributed by atoms with Gasteiger partial charge in [-0.25, -0.2) is 8.42 Å². The highest BCUT2D eigenvalue weighted by atomic mass is 32.2. The number of fused-ring (bicyclic) bond motifs is 1. The Balaban J connectivity index is 1.56. The quantitative estimate of drug-likeness (QED) is 0.483. The Labute approximate surface area is 168 Å². The number of sulfonamides is 1. The van der Waals surface area contributed by atoms with Crippen LogP contribution in [0.5, 0.6) is 0 Å². The molecule has 0 atom stereocenters. The molecule has 0 spiro atoms. The van der Waals surface area contributed by atoms with Gasteiger partial charge in [0.15, 0.2) is 0 Å². The van der Waals surface area contributed by atoms with Gasteiger partial charge in [-0.3, -0.25) is 15.1 Å². The molecule has 2 heterocycles. The SMILES string of the molecule is Cc1ccc2nccc(N3CCN(S(=O)(=O)c4cccc([N+](=O)[O-])c4)CC3)c2c1. The smallest absolute Gasteiger partial charge is 0.270 e. The Kier molecular flexibility index (Phi) is 4.93. The van der Waals surface area contributed by atoms with Crippen molar-refractivity contribution >= 4 is 32.3 Å². The molecule has 4 rings (SSSR count). The number of piperazine rings is 1. The average molecular weight is 412 g/mol. The zero-order chi connectivity index (χ0) is 20.6. The van der Waals surface area contributed by atoms with Crippen LogP contribution in [0.25, 0.3) is 10.9 Å². The summed E-state index contributed by atoms with van der Waals surface area (Å²) in [4.78, 5) is 16.9. The second kappa shape index (κ2) is 7.41. The van der Waals surface area contributed by atoms with E-state index in [1.165, 1.54) is 22.5 Å². The molecule has 29 heavy (non-hydrogen) atoms. The number of nitrogens with zero attached hydrogens (tertiary/aromatic N) is 4. The minimum absolute atomic E-state index is 0.0508. The summed E-state index contributed by atoms with van der Waals surface area (Å²) in [7, 11) is -3.78. The van der Waals surface area contributed by atoms with Gasteiger partial charge in [0.25, 0.3) is 5.69 Å². The summed E-state index contributed by atoms with van der Waals surface area (Å²) in [6, 6.07) is 13.2. The van der Waals surface area contributed by atoms with E-state index in [1.54, 1.807) is 6.20 Å². The lowest BCUT2D eigenvalue weighted by atomic mass is 10.1. The van der Waals surface area contributed by atoms with Crippen molar-refractivity contribution < 1.29 is 13.3 Å². The number of hydrogen-bond acceptors (Lipinski definition) is 6. The van der Waals surface area contributed by atoms with Gasteiger partial charge in [-0.2, -0.15) is 4.31 Å². The number of benzene rings is 2. The van der Waals surface area contributed by atoms with Crippen molar-refractivity contribution in [2.45, 2.75) is 11.8 Å². The number of aryl methyl sites for hydroxylation is 1. The van der Waals surface area contributed by atoms with Crippen LogP contribution in [0.2, 0.25) is 0 Å². The Morgan fingerprint density at radius 3 is 2.52 bits per heavy atom. The monoisotopic (exact) mass is 412 g/mol. The van der Waals surface area contributed by atoms with Gasteiger partial charge in [0.05, 0.1) is 15.3 Å². The van der Waals surface area contributed by atoms with Crippen molar-refractivity contribution in [3.63, 3.8) is 0 Å². The van der Waals surface area contributed by atoms with E-state index in [9.17, 15) is 18.5 Å². The van der Waals surface area contributed by atoms with Crippen LogP contribution in [0.4, 0.5) is 11.4 Å². The van der Waals surface area contributed by atoms with Crippen molar-refractivity contribution in [2.75, 3.05) is 31.1 Å². The van der Waals surface area contributed by atoms with Crippen LogP contribution in [0.15, 0.2) is 59.6 Å². The molecule has 1 aliphatic rings. The third-order valence-electron chi connectivity index (χ3n) is 5.12. The van der Waals surface area contributed by atoms with Crippen LogP contribution in [0.1, 0.15) is 5.56 Å². The molecule has 1 aliphatic heterocycles. The van der Waals surface area contributed by atoms with E-state index in [2.05, 4.69) is 16.0 Å². The van der Waals surface area contributed by atoms with Gasteiger partial charge in [0, 0.05) is 55.6 Å². The molecule has 0 bridgehead atoms. The molecule has 3 aromatic rings. The zero-order valence-corrected chi connectivity index (χ0v) is 16.7. The number of hydrogen-bond donors (Lipinski definition) is 0. The van der Waals surface area contributed by atoms with Crippen LogP contribution in [0.3, 0.4) is 0 Å². The maximum atomic E-state index is 12.9. The molecule has 0 saturated carbocycles. The normalized spacial score (nSPS) is 15.6. The molecule has 8 nitrogen and oxygen atoms in total. The minimum atomic E-state index is -3.78. The Hall–Kier alpha value is -3.04. The molecule has 9 heteroatoms. The van der Waals surface area contributed by atoms with Gasteiger partial charge in [-0.15, -0.1) is 0 Å². The number of rotatable bonds is 4. The molecule has 1 fully saturated rings. The number of nitro benzene ring substituents is 1. The first-order chi connectivity index (χ1) is 13.9. The fourth-order valence-electron chi connectivity index (χ4n) is 3.60. The molecular weight excluding hydrogens is 392 g/mol. The standard InChI is InChI=1S/C20H20N4O4S/c1-15-5-6-19-18(13-15)20(7-8-21-19)22-9-11-23(12-10-22)29(27,28)17-4-2-3-16(14-17)24(25)26/h2-8,13-14H,9-12H2,1H3. The topological polar surface area (TPSA) is 96.7 Å². The van der Waals surface area contributed by atoms with Gasteiger partial charge in [-0.05, 0) is 31.2 Å². The summed E-state index contributed by atoms with van der Waals surface area (Å²) in [5, 5.41) is 12.0. The molecular formula is C20H20N4O4S. The maximum absolute atomic E-state index is 12.9. The minimum Gasteiger partial charge on any atom is -0.368 e. The van der Waals surface area contributed by atoms with Crippen molar-refractivity contribution in [3.05, 3.63) is 70.4 Å². The van der Waals surface area contributed by atoms with Crippen molar-refractivity contribution in [1.29, 1.82) is 0 Å². The van der Waals surface area contributed by atoms with Crippen molar-refractivity contribution in [1.82, 2.24) is 9.29 Å². The number of aromatic nitrogens is 1. The first kappa shape index (κ1) is 19.3. The summed E-state index contributed by atoms with van der Waals surface area (Å²) < 4.78 is 27.3. The zero-order valence-electron chi connectivity index (χ0n) is 15.9. The van der Waals surface area contributed by atoms with E-state index >= 15 is 0 Å². The number of non-ortho nitro benzene ring substituents is 1. The number of nitro groups is 1. The van der Waals surface area contributed by atoms with Crippen LogP contribution in [-0.2, 0) is 10.0 Å². The Bertz CT molecular complexity index is 1190. The van der Waals surface area contributed by atoms with Crippen molar-refractivity contribution in [3.8, 4) is 0 Å². The molecule has 2 aromatic carbocycles. The summed E-state index contributed by atoms with van der Waals surface area (Å²) in [5.41, 5.74) is 2.84. The van der Waals surface area contributed by atoms with Crippen LogP contribution < -0.4 is 4.90 Å². The van der Waals surface area contributed by atoms with Crippen LogP contribution in [-0.4, -0.2) is 48.8 Å². The van der Waals surface area contributed by atoms with E-state index in [4.69, 9.17) is 0 Å². The van der Waals surface area contributed by atoms with E-state index < -0.39 is 14.9 Å². The lowest BCUT2D eigenvalue weighted by Gasteiger charge is -2.35. The largest absolute Gasteiger partial charge is 0.368 e. The van der Waals surface area contributed by atoms with E-state index in [1.807, 2.05) is 25.1 Å². The van der Waals surface area contributed by atoms with Gasteiger partial charge in [0.2, 0.25) is 10.0 Å². The molecule has 150 valence electrons. The molecule has 1 saturated heterocycles. The predicted octanol–water partition coefficient (Wildman–Crippen LogP) is 2.96. The Morgan fingerprint density at radius 2 is 1.79 bits per heavy atom. The fourth-order valence-corrected chi connectivity index (χ4v) is 5.06. The Morgan fingerprint density at radius 1 is 1.03 bits per heavy atom. The van der Waals surface area contributed by atoms with Gasteiger partial charge >= 0.3 is 0 Å². The highest BCUT2D eigenvalue weighted by Gasteiger charge is 2.30. The molecule has 0 aliphatic carbocycles. The average Bonchev–Trinajstić information content (AvgIpc) is 2.73. The lowest BCUT2D eigenvalue weighted by molar-refractivity contribution is -0.385. The molecule has 0 unspecified atom stereocenters. The van der Waals surface area contributed by atoms with Gasteiger partial charge in [0.1, 0.15) is 0 Å². The van der Waals surface area contributed by atoms with E-state index in [-0.39, 0.29) is 10.6 Å².